The fourth-order valence-corrected chi connectivity index (χ4v) is 3.33. The second-order valence-corrected chi connectivity index (χ2v) is 7.06. The number of hydrogen-bond acceptors (Lipinski definition) is 3. The van der Waals surface area contributed by atoms with Crippen molar-refractivity contribution in [1.29, 1.82) is 0 Å². The molecule has 2 saturated heterocycles. The van der Waals surface area contributed by atoms with Crippen LogP contribution in [0.3, 0.4) is 0 Å². The highest BCUT2D eigenvalue weighted by molar-refractivity contribution is 7.80. The molecule has 0 bridgehead atoms. The SMILES string of the molecule is CC1CN2CCCCC2CN1CC(C)(C)CS. The van der Waals surface area contributed by atoms with Gasteiger partial charge < -0.3 is 0 Å². The van der Waals surface area contributed by atoms with Gasteiger partial charge in [-0.1, -0.05) is 20.3 Å². The van der Waals surface area contributed by atoms with Crippen LogP contribution < -0.4 is 0 Å². The summed E-state index contributed by atoms with van der Waals surface area (Å²) in [5, 5.41) is 0. The molecule has 0 aromatic rings. The van der Waals surface area contributed by atoms with Crippen LogP contribution in [0.1, 0.15) is 40.0 Å². The van der Waals surface area contributed by atoms with E-state index in [-0.39, 0.29) is 0 Å². The van der Waals surface area contributed by atoms with Gasteiger partial charge in [0.15, 0.2) is 0 Å². The Hall–Kier alpha value is 0.270. The lowest BCUT2D eigenvalue weighted by Crippen LogP contribution is -2.60. The molecular formula is C14H28N2S. The third kappa shape index (κ3) is 3.39. The zero-order chi connectivity index (χ0) is 12.5. The van der Waals surface area contributed by atoms with Gasteiger partial charge in [-0.05, 0) is 37.5 Å². The topological polar surface area (TPSA) is 6.48 Å². The highest BCUT2D eigenvalue weighted by Crippen LogP contribution is 2.27. The molecule has 3 heteroatoms. The molecule has 2 aliphatic heterocycles. The second kappa shape index (κ2) is 5.50. The number of fused-ring (bicyclic) bond motifs is 1. The molecule has 2 fully saturated rings. The van der Waals surface area contributed by atoms with Crippen molar-refractivity contribution in [2.24, 2.45) is 5.41 Å². The summed E-state index contributed by atoms with van der Waals surface area (Å²) in [6, 6.07) is 1.54. The van der Waals surface area contributed by atoms with Crippen molar-refractivity contribution in [2.75, 3.05) is 31.9 Å². The average molecular weight is 256 g/mol. The molecule has 100 valence electrons. The molecule has 2 nitrogen and oxygen atoms in total. The van der Waals surface area contributed by atoms with E-state index in [1.807, 2.05) is 0 Å². The van der Waals surface area contributed by atoms with E-state index >= 15 is 0 Å². The van der Waals surface area contributed by atoms with E-state index in [1.54, 1.807) is 0 Å². The van der Waals surface area contributed by atoms with Gasteiger partial charge in [0, 0.05) is 31.7 Å². The molecule has 0 N–H and O–H groups in total. The van der Waals surface area contributed by atoms with Crippen LogP contribution in [0.4, 0.5) is 0 Å². The minimum Gasteiger partial charge on any atom is -0.298 e. The van der Waals surface area contributed by atoms with Crippen LogP contribution >= 0.6 is 12.6 Å². The standard InChI is InChI=1S/C14H28N2S/c1-12-8-15-7-5-4-6-13(15)9-16(12)10-14(2,3)11-17/h12-13,17H,4-11H2,1-3H3. The number of thiol groups is 1. The van der Waals surface area contributed by atoms with E-state index in [0.717, 1.165) is 11.8 Å². The molecule has 2 rings (SSSR count). The Bertz CT molecular complexity index is 255. The van der Waals surface area contributed by atoms with Gasteiger partial charge in [0.2, 0.25) is 0 Å². The molecule has 0 aliphatic carbocycles. The van der Waals surface area contributed by atoms with E-state index in [2.05, 4.69) is 43.2 Å². The Labute approximate surface area is 112 Å². The molecule has 0 spiro atoms. The number of rotatable bonds is 3. The van der Waals surface area contributed by atoms with E-state index in [1.165, 1.54) is 45.4 Å². The zero-order valence-corrected chi connectivity index (χ0v) is 12.5. The zero-order valence-electron chi connectivity index (χ0n) is 11.7. The van der Waals surface area contributed by atoms with E-state index in [4.69, 9.17) is 0 Å². The lowest BCUT2D eigenvalue weighted by atomic mass is 9.91. The highest BCUT2D eigenvalue weighted by Gasteiger charge is 2.34. The monoisotopic (exact) mass is 256 g/mol. The van der Waals surface area contributed by atoms with Gasteiger partial charge in [0.25, 0.3) is 0 Å². The van der Waals surface area contributed by atoms with Gasteiger partial charge in [0.05, 0.1) is 0 Å². The van der Waals surface area contributed by atoms with Crippen LogP contribution in [0.25, 0.3) is 0 Å². The lowest BCUT2D eigenvalue weighted by Gasteiger charge is -2.49. The quantitative estimate of drug-likeness (QED) is 0.775. The molecular weight excluding hydrogens is 228 g/mol. The first-order valence-corrected chi connectivity index (χ1v) is 7.74. The summed E-state index contributed by atoms with van der Waals surface area (Å²) in [6.45, 7) is 12.1. The van der Waals surface area contributed by atoms with Crippen molar-refractivity contribution in [3.63, 3.8) is 0 Å². The summed E-state index contributed by atoms with van der Waals surface area (Å²) in [4.78, 5) is 5.42. The Morgan fingerprint density at radius 1 is 1.24 bits per heavy atom. The van der Waals surface area contributed by atoms with E-state index in [0.29, 0.717) is 11.5 Å². The fourth-order valence-electron chi connectivity index (χ4n) is 3.23. The Balaban J connectivity index is 1.95. The van der Waals surface area contributed by atoms with Crippen LogP contribution in [0.5, 0.6) is 0 Å². The van der Waals surface area contributed by atoms with Crippen molar-refractivity contribution >= 4 is 12.6 Å². The second-order valence-electron chi connectivity index (χ2n) is 6.75. The van der Waals surface area contributed by atoms with Gasteiger partial charge >= 0.3 is 0 Å². The Morgan fingerprint density at radius 2 is 2.00 bits per heavy atom. The molecule has 0 aromatic heterocycles. The Kier molecular flexibility index (Phi) is 4.43. The molecule has 0 aromatic carbocycles. The van der Waals surface area contributed by atoms with Gasteiger partial charge in [-0.15, -0.1) is 0 Å². The summed E-state index contributed by atoms with van der Waals surface area (Å²) in [7, 11) is 0. The van der Waals surface area contributed by atoms with Crippen LogP contribution in [-0.4, -0.2) is 53.8 Å². The fraction of sp³-hybridized carbons (Fsp3) is 1.00. The van der Waals surface area contributed by atoms with E-state index in [9.17, 15) is 0 Å². The largest absolute Gasteiger partial charge is 0.298 e. The maximum atomic E-state index is 4.49. The summed E-state index contributed by atoms with van der Waals surface area (Å²) in [5.74, 6) is 0.977. The van der Waals surface area contributed by atoms with Crippen LogP contribution in [0.15, 0.2) is 0 Å². The van der Waals surface area contributed by atoms with Gasteiger partial charge in [-0.2, -0.15) is 12.6 Å². The molecule has 2 heterocycles. The summed E-state index contributed by atoms with van der Waals surface area (Å²) >= 11 is 4.49. The van der Waals surface area contributed by atoms with Crippen molar-refractivity contribution in [3.8, 4) is 0 Å². The predicted molar refractivity (Wildman–Crippen MR) is 77.9 cm³/mol. The molecule has 17 heavy (non-hydrogen) atoms. The maximum absolute atomic E-state index is 4.49. The number of piperidine rings is 1. The normalized spacial score (nSPS) is 32.5. The highest BCUT2D eigenvalue weighted by atomic mass is 32.1. The Morgan fingerprint density at radius 3 is 2.71 bits per heavy atom. The van der Waals surface area contributed by atoms with Crippen LogP contribution in [-0.2, 0) is 0 Å². The van der Waals surface area contributed by atoms with Gasteiger partial charge in [-0.3, -0.25) is 9.80 Å². The molecule has 2 atom stereocenters. The molecule has 0 radical (unpaired) electrons. The first kappa shape index (κ1) is 13.7. The summed E-state index contributed by atoms with van der Waals surface area (Å²) in [6.07, 6.45) is 4.25. The average Bonchev–Trinajstić information content (AvgIpc) is 2.30. The van der Waals surface area contributed by atoms with Crippen molar-refractivity contribution < 1.29 is 0 Å². The third-order valence-corrected chi connectivity index (χ3v) is 5.23. The first-order valence-electron chi connectivity index (χ1n) is 7.11. The van der Waals surface area contributed by atoms with Crippen LogP contribution in [0, 0.1) is 5.41 Å². The third-order valence-electron chi connectivity index (χ3n) is 4.38. The van der Waals surface area contributed by atoms with Crippen molar-refractivity contribution in [3.05, 3.63) is 0 Å². The number of nitrogens with zero attached hydrogens (tertiary/aromatic N) is 2. The lowest BCUT2D eigenvalue weighted by molar-refractivity contribution is 0.00103. The number of hydrogen-bond donors (Lipinski definition) is 1. The van der Waals surface area contributed by atoms with Crippen LogP contribution in [0.2, 0.25) is 0 Å². The number of piperazine rings is 1. The molecule has 0 saturated carbocycles. The maximum Gasteiger partial charge on any atom is 0.0223 e. The van der Waals surface area contributed by atoms with E-state index < -0.39 is 0 Å². The minimum atomic E-state index is 0.341. The first-order chi connectivity index (χ1) is 8.02. The van der Waals surface area contributed by atoms with Gasteiger partial charge in [0.1, 0.15) is 0 Å². The molecule has 2 unspecified atom stereocenters. The summed E-state index contributed by atoms with van der Waals surface area (Å²) in [5.41, 5.74) is 0.341. The van der Waals surface area contributed by atoms with Crippen molar-refractivity contribution in [2.45, 2.75) is 52.1 Å². The van der Waals surface area contributed by atoms with Gasteiger partial charge in [-0.25, -0.2) is 0 Å². The van der Waals surface area contributed by atoms with Crippen molar-refractivity contribution in [1.82, 2.24) is 9.80 Å². The summed E-state index contributed by atoms with van der Waals surface area (Å²) < 4.78 is 0. The molecule has 2 aliphatic rings. The smallest absolute Gasteiger partial charge is 0.0223 e. The predicted octanol–water partition coefficient (Wildman–Crippen LogP) is 2.50. The molecule has 0 amide bonds. The minimum absolute atomic E-state index is 0.341.